The Balaban J connectivity index is 2.12. The minimum absolute atomic E-state index is 0.00110. The normalized spacial score (nSPS) is 32.0. The van der Waals surface area contributed by atoms with Gasteiger partial charge in [-0.25, -0.2) is 4.79 Å². The Hall–Kier alpha value is -2.36. The van der Waals surface area contributed by atoms with Gasteiger partial charge in [0.25, 0.3) is 0 Å². The molecule has 0 aromatic carbocycles. The number of carbonyl (C=O) groups excluding carboxylic acids is 4. The van der Waals surface area contributed by atoms with Gasteiger partial charge in [0.05, 0.1) is 24.9 Å². The van der Waals surface area contributed by atoms with Crippen LogP contribution in [0.2, 0.25) is 0 Å². The van der Waals surface area contributed by atoms with E-state index in [1.54, 1.807) is 6.92 Å². The Labute approximate surface area is 208 Å². The van der Waals surface area contributed by atoms with Crippen molar-refractivity contribution in [2.45, 2.75) is 101 Å². The minimum Gasteiger partial charge on any atom is -0.550 e. The van der Waals surface area contributed by atoms with Gasteiger partial charge in [-0.3, -0.25) is 9.59 Å². The van der Waals surface area contributed by atoms with Gasteiger partial charge in [0.15, 0.2) is 12.3 Å². The molecule has 2 saturated heterocycles. The molecular weight excluding hydrogens is 484 g/mol. The smallest absolute Gasteiger partial charge is 0.331 e. The molecule has 206 valence electrons. The van der Waals surface area contributed by atoms with Crippen molar-refractivity contribution >= 4 is 23.8 Å². The fraction of sp³-hybridized carbons (Fsp3) is 0.818. The molecule has 2 amide bonds. The molecule has 14 nitrogen and oxygen atoms in total. The highest BCUT2D eigenvalue weighted by Crippen LogP contribution is 2.24. The van der Waals surface area contributed by atoms with Crippen LogP contribution in [0.3, 0.4) is 0 Å². The van der Waals surface area contributed by atoms with Crippen LogP contribution in [0, 0.1) is 0 Å². The number of carbonyl (C=O) groups is 4. The van der Waals surface area contributed by atoms with E-state index in [-0.39, 0.29) is 38.8 Å². The molecule has 2 aliphatic heterocycles. The number of likely N-dealkylation sites (tertiary alicyclic amines) is 1. The highest BCUT2D eigenvalue weighted by Gasteiger charge is 2.45. The van der Waals surface area contributed by atoms with E-state index in [1.165, 1.54) is 13.8 Å². The SMILES string of the molecule is CCOC(=O)[C@@H](NC(=O)[C@H]1C[C@@H](O)CN1C(=O)CCCC(=O)[O-])[C@@H](C)O[C@@H]1O[C@@H](C)[C@@H](O)C(O)C1O. The van der Waals surface area contributed by atoms with Gasteiger partial charge in [0, 0.05) is 25.4 Å². The molecule has 0 saturated carbocycles. The van der Waals surface area contributed by atoms with Crippen molar-refractivity contribution in [3.63, 3.8) is 0 Å². The molecule has 0 radical (unpaired) electrons. The molecule has 36 heavy (non-hydrogen) atoms. The maximum atomic E-state index is 13.1. The summed E-state index contributed by atoms with van der Waals surface area (Å²) in [7, 11) is 0. The first kappa shape index (κ1) is 29.9. The number of ether oxygens (including phenoxy) is 3. The van der Waals surface area contributed by atoms with E-state index in [9.17, 15) is 44.7 Å². The highest BCUT2D eigenvalue weighted by molar-refractivity contribution is 5.91. The van der Waals surface area contributed by atoms with Gasteiger partial charge in [0.2, 0.25) is 11.8 Å². The van der Waals surface area contributed by atoms with E-state index >= 15 is 0 Å². The first-order chi connectivity index (χ1) is 16.9. The summed E-state index contributed by atoms with van der Waals surface area (Å²) in [5, 5.41) is 53.2. The number of rotatable bonds is 11. The number of esters is 1. The van der Waals surface area contributed by atoms with E-state index in [0.29, 0.717) is 0 Å². The second-order valence-electron chi connectivity index (χ2n) is 8.94. The van der Waals surface area contributed by atoms with Crippen LogP contribution in [0.4, 0.5) is 0 Å². The summed E-state index contributed by atoms with van der Waals surface area (Å²) >= 11 is 0. The van der Waals surface area contributed by atoms with Crippen molar-refractivity contribution in [2.24, 2.45) is 0 Å². The average molecular weight is 520 g/mol. The second-order valence-corrected chi connectivity index (χ2v) is 8.94. The van der Waals surface area contributed by atoms with Crippen LogP contribution in [0.25, 0.3) is 0 Å². The fourth-order valence-electron chi connectivity index (χ4n) is 4.13. The summed E-state index contributed by atoms with van der Waals surface area (Å²) in [6.45, 7) is 4.24. The predicted octanol–water partition coefficient (Wildman–Crippen LogP) is -3.85. The zero-order valence-electron chi connectivity index (χ0n) is 20.4. The molecule has 0 aromatic rings. The number of nitrogens with one attached hydrogen (secondary N) is 1. The summed E-state index contributed by atoms with van der Waals surface area (Å²) in [6, 6.07) is -2.55. The molecule has 9 atom stereocenters. The van der Waals surface area contributed by atoms with Crippen LogP contribution >= 0.6 is 0 Å². The van der Waals surface area contributed by atoms with E-state index in [0.717, 1.165) is 4.90 Å². The summed E-state index contributed by atoms with van der Waals surface area (Å²) in [5.41, 5.74) is 0. The van der Waals surface area contributed by atoms with Crippen LogP contribution in [0.15, 0.2) is 0 Å². The van der Waals surface area contributed by atoms with E-state index in [4.69, 9.17) is 14.2 Å². The van der Waals surface area contributed by atoms with Gasteiger partial charge in [-0.05, 0) is 33.6 Å². The third-order valence-corrected chi connectivity index (χ3v) is 6.14. The summed E-state index contributed by atoms with van der Waals surface area (Å²) in [5.74, 6) is -3.50. The van der Waals surface area contributed by atoms with Gasteiger partial charge >= 0.3 is 5.97 Å². The van der Waals surface area contributed by atoms with Gasteiger partial charge in [-0.1, -0.05) is 0 Å². The number of aliphatic carboxylic acids is 1. The number of hydrogen-bond donors (Lipinski definition) is 5. The molecule has 2 fully saturated rings. The maximum absolute atomic E-state index is 13.1. The first-order valence-electron chi connectivity index (χ1n) is 11.9. The molecule has 2 unspecified atom stereocenters. The standard InChI is InChI=1S/C22H36N2O12/c1-4-34-21(33)16(10(2)35-22-19(31)18(30)17(29)11(3)36-22)23-20(32)13-8-12(25)9-24(13)14(26)6-5-7-15(27)28/h10-13,16-19,22,25,29-31H,4-9H2,1-3H3,(H,23,32)(H,27,28)/p-1/t10-,11+,12-,13-,16+,17-,18?,19?,22-/m1/s1. The number of nitrogens with zero attached hydrogens (tertiary/aromatic N) is 1. The van der Waals surface area contributed by atoms with Crippen LogP contribution in [-0.4, -0.2) is 117 Å². The van der Waals surface area contributed by atoms with Crippen molar-refractivity contribution in [1.82, 2.24) is 10.2 Å². The quantitative estimate of drug-likeness (QED) is 0.166. The molecule has 2 rings (SSSR count). The molecule has 5 N–H and O–H groups in total. The number of aliphatic hydroxyl groups excluding tert-OH is 4. The van der Waals surface area contributed by atoms with Gasteiger partial charge < -0.3 is 54.8 Å². The summed E-state index contributed by atoms with van der Waals surface area (Å²) in [4.78, 5) is 50.0. The Bertz CT molecular complexity index is 795. The molecular formula is C22H35N2O12-. The third kappa shape index (κ3) is 7.57. The van der Waals surface area contributed by atoms with E-state index in [1.807, 2.05) is 0 Å². The third-order valence-electron chi connectivity index (χ3n) is 6.14. The lowest BCUT2D eigenvalue weighted by atomic mass is 10.00. The lowest BCUT2D eigenvalue weighted by Gasteiger charge is -2.40. The topological polar surface area (TPSA) is 215 Å². The Morgan fingerprint density at radius 1 is 1.11 bits per heavy atom. The number of carboxylic acid groups (broad SMARTS) is 1. The number of β-amino-alcohol motifs (C(OH)–C–C–N with tert-alkyl or cyclic N) is 1. The summed E-state index contributed by atoms with van der Waals surface area (Å²) in [6.07, 6.45) is -9.66. The molecule has 0 spiro atoms. The van der Waals surface area contributed by atoms with Crippen molar-refractivity contribution in [2.75, 3.05) is 13.2 Å². The molecule has 0 aliphatic carbocycles. The van der Waals surface area contributed by atoms with Crippen molar-refractivity contribution in [1.29, 1.82) is 0 Å². The zero-order chi connectivity index (χ0) is 27.2. The molecule has 2 aliphatic rings. The lowest BCUT2D eigenvalue weighted by molar-refractivity contribution is -0.305. The van der Waals surface area contributed by atoms with Gasteiger partial charge in [-0.2, -0.15) is 0 Å². The van der Waals surface area contributed by atoms with Crippen LogP contribution in [0.5, 0.6) is 0 Å². The van der Waals surface area contributed by atoms with E-state index < -0.39 is 78.8 Å². The van der Waals surface area contributed by atoms with Crippen molar-refractivity contribution in [3.8, 4) is 0 Å². The largest absolute Gasteiger partial charge is 0.550 e. The first-order valence-corrected chi connectivity index (χ1v) is 11.9. The number of carboxylic acids is 1. The number of amides is 2. The second kappa shape index (κ2) is 13.3. The van der Waals surface area contributed by atoms with Crippen molar-refractivity contribution in [3.05, 3.63) is 0 Å². The van der Waals surface area contributed by atoms with Crippen LogP contribution in [0.1, 0.15) is 46.5 Å². The predicted molar refractivity (Wildman–Crippen MR) is 116 cm³/mol. The zero-order valence-corrected chi connectivity index (χ0v) is 20.4. The summed E-state index contributed by atoms with van der Waals surface area (Å²) < 4.78 is 16.0. The molecule has 0 bridgehead atoms. The Kier molecular flexibility index (Phi) is 11.0. The fourth-order valence-corrected chi connectivity index (χ4v) is 4.13. The lowest BCUT2D eigenvalue weighted by Crippen LogP contribution is -2.60. The number of aliphatic hydroxyl groups is 4. The maximum Gasteiger partial charge on any atom is 0.331 e. The Morgan fingerprint density at radius 3 is 2.39 bits per heavy atom. The van der Waals surface area contributed by atoms with Gasteiger partial charge in [-0.15, -0.1) is 0 Å². The van der Waals surface area contributed by atoms with Gasteiger partial charge in [0.1, 0.15) is 24.4 Å². The van der Waals surface area contributed by atoms with E-state index in [2.05, 4.69) is 5.32 Å². The monoisotopic (exact) mass is 519 g/mol. The molecule has 2 heterocycles. The number of hydrogen-bond acceptors (Lipinski definition) is 12. The average Bonchev–Trinajstić information content (AvgIpc) is 3.21. The molecule has 0 aromatic heterocycles. The van der Waals surface area contributed by atoms with Crippen LogP contribution in [-0.2, 0) is 33.4 Å². The Morgan fingerprint density at radius 2 is 1.78 bits per heavy atom. The van der Waals surface area contributed by atoms with Crippen molar-refractivity contribution < 1.29 is 58.9 Å². The minimum atomic E-state index is -1.64. The van der Waals surface area contributed by atoms with Crippen LogP contribution < -0.4 is 10.4 Å². The molecule has 14 heteroatoms. The highest BCUT2D eigenvalue weighted by atomic mass is 16.7.